The van der Waals surface area contributed by atoms with E-state index in [0.29, 0.717) is 17.1 Å². The van der Waals surface area contributed by atoms with Gasteiger partial charge in [-0.3, -0.25) is 4.79 Å². The molecule has 0 radical (unpaired) electrons. The van der Waals surface area contributed by atoms with Crippen molar-refractivity contribution in [1.82, 2.24) is 5.32 Å². The van der Waals surface area contributed by atoms with E-state index < -0.39 is 0 Å². The van der Waals surface area contributed by atoms with Crippen LogP contribution in [0.15, 0.2) is 0 Å². The van der Waals surface area contributed by atoms with Crippen molar-refractivity contribution in [2.24, 2.45) is 29.1 Å². The van der Waals surface area contributed by atoms with Gasteiger partial charge in [0, 0.05) is 6.42 Å². The van der Waals surface area contributed by atoms with Crippen molar-refractivity contribution in [2.45, 2.75) is 70.8 Å². The molecule has 2 atom stereocenters. The second kappa shape index (κ2) is 4.83. The minimum absolute atomic E-state index is 0.186. The molecule has 0 amide bonds. The molecule has 4 aliphatic carbocycles. The van der Waals surface area contributed by atoms with Crippen LogP contribution in [0.5, 0.6) is 0 Å². The lowest BCUT2D eigenvalue weighted by Crippen LogP contribution is -2.49. The predicted molar refractivity (Wildman–Crippen MR) is 80.4 cm³/mol. The van der Waals surface area contributed by atoms with Gasteiger partial charge in [0.15, 0.2) is 0 Å². The number of hydrogen-bond acceptors (Lipinski definition) is 2. The summed E-state index contributed by atoms with van der Waals surface area (Å²) >= 11 is 0. The van der Waals surface area contributed by atoms with Gasteiger partial charge in [-0.05, 0) is 87.0 Å². The Morgan fingerprint density at radius 1 is 1.15 bits per heavy atom. The highest BCUT2D eigenvalue weighted by Gasteiger charge is 2.53. The van der Waals surface area contributed by atoms with E-state index in [9.17, 15) is 4.79 Å². The lowest BCUT2D eigenvalue weighted by atomic mass is 9.46. The van der Waals surface area contributed by atoms with E-state index in [-0.39, 0.29) is 6.04 Å². The first-order chi connectivity index (χ1) is 9.64. The van der Waals surface area contributed by atoms with Crippen LogP contribution in [0.2, 0.25) is 0 Å². The maximum Gasteiger partial charge on any atom is 0.150 e. The van der Waals surface area contributed by atoms with Crippen molar-refractivity contribution in [3.8, 4) is 0 Å². The van der Waals surface area contributed by atoms with Gasteiger partial charge in [-0.1, -0.05) is 6.92 Å². The third-order valence-electron chi connectivity index (χ3n) is 7.09. The summed E-state index contributed by atoms with van der Waals surface area (Å²) < 4.78 is 0. The van der Waals surface area contributed by atoms with Crippen LogP contribution in [0.3, 0.4) is 0 Å². The first kappa shape index (κ1) is 13.3. The molecule has 1 aliphatic heterocycles. The van der Waals surface area contributed by atoms with Gasteiger partial charge >= 0.3 is 0 Å². The van der Waals surface area contributed by atoms with Crippen LogP contribution in [0.1, 0.15) is 64.7 Å². The lowest BCUT2D eigenvalue weighted by Gasteiger charge is -2.59. The van der Waals surface area contributed by atoms with Crippen molar-refractivity contribution >= 4 is 5.78 Å². The second-order valence-electron chi connectivity index (χ2n) is 8.50. The fraction of sp³-hybridized carbons (Fsp3) is 0.944. The highest BCUT2D eigenvalue weighted by Crippen LogP contribution is 2.63. The number of hydrogen-bond donors (Lipinski definition) is 1. The van der Waals surface area contributed by atoms with Crippen LogP contribution < -0.4 is 5.32 Å². The minimum atomic E-state index is 0.186. The van der Waals surface area contributed by atoms with Crippen molar-refractivity contribution < 1.29 is 4.79 Å². The molecule has 2 nitrogen and oxygen atoms in total. The molecule has 112 valence electrons. The zero-order valence-electron chi connectivity index (χ0n) is 12.9. The fourth-order valence-electron chi connectivity index (χ4n) is 6.40. The SMILES string of the molecule is CC(CC(=O)[C@@H]1CCCN1)C12CC3CC(CC(C3)C1)C2. The van der Waals surface area contributed by atoms with E-state index in [1.165, 1.54) is 44.9 Å². The number of ketones is 1. The monoisotopic (exact) mass is 275 g/mol. The molecule has 0 aromatic rings. The third kappa shape index (κ3) is 2.15. The number of rotatable bonds is 4. The van der Waals surface area contributed by atoms with E-state index in [1.54, 1.807) is 0 Å². The Hall–Kier alpha value is -0.370. The lowest BCUT2D eigenvalue weighted by molar-refractivity contribution is -0.127. The molecule has 4 bridgehead atoms. The molecule has 1 saturated heterocycles. The summed E-state index contributed by atoms with van der Waals surface area (Å²) in [5.41, 5.74) is 0.545. The maximum absolute atomic E-state index is 12.5. The zero-order valence-corrected chi connectivity index (χ0v) is 12.9. The fourth-order valence-corrected chi connectivity index (χ4v) is 6.40. The van der Waals surface area contributed by atoms with Gasteiger partial charge in [0.2, 0.25) is 0 Å². The normalized spacial score (nSPS) is 47.6. The summed E-state index contributed by atoms with van der Waals surface area (Å²) in [5, 5.41) is 3.39. The van der Waals surface area contributed by atoms with Crippen LogP contribution in [0, 0.1) is 29.1 Å². The van der Waals surface area contributed by atoms with E-state index in [2.05, 4.69) is 12.2 Å². The molecule has 1 N–H and O–H groups in total. The van der Waals surface area contributed by atoms with Gasteiger partial charge < -0.3 is 5.32 Å². The number of nitrogens with one attached hydrogen (secondary N) is 1. The standard InChI is InChI=1S/C18H29NO/c1-12(5-17(20)16-3-2-4-19-16)18-9-13-6-14(10-18)8-15(7-13)11-18/h12-16,19H,2-11H2,1H3/t12?,13?,14?,15?,16-,18?/m0/s1. The van der Waals surface area contributed by atoms with Crippen molar-refractivity contribution in [3.63, 3.8) is 0 Å². The number of carbonyl (C=O) groups is 1. The average Bonchev–Trinajstić information content (AvgIpc) is 2.90. The van der Waals surface area contributed by atoms with Gasteiger partial charge in [-0.2, -0.15) is 0 Å². The summed E-state index contributed by atoms with van der Waals surface area (Å²) in [6.07, 6.45) is 11.9. The third-order valence-corrected chi connectivity index (χ3v) is 7.09. The van der Waals surface area contributed by atoms with Crippen molar-refractivity contribution in [3.05, 3.63) is 0 Å². The molecule has 2 heteroatoms. The highest BCUT2D eigenvalue weighted by molar-refractivity contribution is 5.84. The van der Waals surface area contributed by atoms with Crippen LogP contribution in [-0.4, -0.2) is 18.4 Å². The maximum atomic E-state index is 12.5. The van der Waals surface area contributed by atoms with Crippen LogP contribution in [-0.2, 0) is 4.79 Å². The topological polar surface area (TPSA) is 29.1 Å². The van der Waals surface area contributed by atoms with E-state index in [0.717, 1.165) is 37.1 Å². The van der Waals surface area contributed by atoms with E-state index in [1.807, 2.05) is 0 Å². The Morgan fingerprint density at radius 2 is 1.75 bits per heavy atom. The largest absolute Gasteiger partial charge is 0.307 e. The molecular weight excluding hydrogens is 246 g/mol. The number of carbonyl (C=O) groups excluding carboxylic acids is 1. The highest BCUT2D eigenvalue weighted by atomic mass is 16.1. The Balaban J connectivity index is 1.45. The van der Waals surface area contributed by atoms with E-state index in [4.69, 9.17) is 0 Å². The molecule has 5 rings (SSSR count). The van der Waals surface area contributed by atoms with Gasteiger partial charge in [0.05, 0.1) is 6.04 Å². The Labute approximate surface area is 123 Å². The molecule has 0 spiro atoms. The van der Waals surface area contributed by atoms with Gasteiger partial charge in [-0.25, -0.2) is 0 Å². The molecular formula is C18H29NO. The van der Waals surface area contributed by atoms with E-state index >= 15 is 0 Å². The summed E-state index contributed by atoms with van der Waals surface area (Å²) in [7, 11) is 0. The molecule has 20 heavy (non-hydrogen) atoms. The first-order valence-electron chi connectivity index (χ1n) is 8.91. The number of Topliss-reactive ketones (excluding diaryl/α,β-unsaturated/α-hetero) is 1. The average molecular weight is 275 g/mol. The summed E-state index contributed by atoms with van der Waals surface area (Å²) in [4.78, 5) is 12.5. The molecule has 5 fully saturated rings. The molecule has 1 unspecified atom stereocenters. The molecule has 1 heterocycles. The second-order valence-corrected chi connectivity index (χ2v) is 8.50. The van der Waals surface area contributed by atoms with Crippen LogP contribution >= 0.6 is 0 Å². The zero-order chi connectivity index (χ0) is 13.7. The van der Waals surface area contributed by atoms with Gasteiger partial charge in [0.25, 0.3) is 0 Å². The molecule has 4 saturated carbocycles. The summed E-state index contributed by atoms with van der Waals surface area (Å²) in [6, 6.07) is 0.186. The molecule has 5 aliphatic rings. The molecule has 0 aromatic heterocycles. The quantitative estimate of drug-likeness (QED) is 0.850. The van der Waals surface area contributed by atoms with Gasteiger partial charge in [-0.15, -0.1) is 0 Å². The van der Waals surface area contributed by atoms with Crippen molar-refractivity contribution in [1.29, 1.82) is 0 Å². The Morgan fingerprint density at radius 3 is 2.25 bits per heavy atom. The molecule has 0 aromatic carbocycles. The van der Waals surface area contributed by atoms with Crippen LogP contribution in [0.25, 0.3) is 0 Å². The predicted octanol–water partition coefficient (Wildman–Crippen LogP) is 3.55. The summed E-state index contributed by atoms with van der Waals surface area (Å²) in [6.45, 7) is 3.43. The van der Waals surface area contributed by atoms with Gasteiger partial charge in [0.1, 0.15) is 5.78 Å². The van der Waals surface area contributed by atoms with Crippen molar-refractivity contribution in [2.75, 3.05) is 6.54 Å². The first-order valence-corrected chi connectivity index (χ1v) is 8.91. The smallest absolute Gasteiger partial charge is 0.150 e. The minimum Gasteiger partial charge on any atom is -0.307 e. The van der Waals surface area contributed by atoms with Crippen LogP contribution in [0.4, 0.5) is 0 Å². The summed E-state index contributed by atoms with van der Waals surface area (Å²) in [5.74, 6) is 4.13. The Kier molecular flexibility index (Phi) is 3.21. The Bertz CT molecular complexity index is 361.